The maximum Gasteiger partial charge on any atom is 0.311 e. The van der Waals surface area contributed by atoms with E-state index in [9.17, 15) is 18.9 Å². The molecular weight excluding hydrogens is 790 g/mol. The number of ether oxygens (including phenoxy) is 4. The number of nitro groups is 1. The van der Waals surface area contributed by atoms with Crippen molar-refractivity contribution < 1.29 is 32.7 Å². The molecule has 0 saturated carbocycles. The van der Waals surface area contributed by atoms with Gasteiger partial charge in [0.05, 0.1) is 95.7 Å². The summed E-state index contributed by atoms with van der Waals surface area (Å²) in [6.45, 7) is 0. The van der Waals surface area contributed by atoms with Crippen molar-refractivity contribution in [3.05, 3.63) is 92.1 Å². The zero-order valence-electron chi connectivity index (χ0n) is 26.5. The number of pyridine rings is 4. The lowest BCUT2D eigenvalue weighted by Gasteiger charge is -2.16. The first-order valence-corrected chi connectivity index (χ1v) is 15.7. The van der Waals surface area contributed by atoms with Crippen LogP contribution in [0.3, 0.4) is 0 Å². The molecule has 0 aliphatic carbocycles. The third-order valence-electron chi connectivity index (χ3n) is 7.16. The van der Waals surface area contributed by atoms with Crippen molar-refractivity contribution in [3.63, 3.8) is 0 Å². The van der Waals surface area contributed by atoms with Gasteiger partial charge in [-0.3, -0.25) is 25.1 Å². The van der Waals surface area contributed by atoms with Crippen LogP contribution in [0.15, 0.2) is 70.4 Å². The molecule has 50 heavy (non-hydrogen) atoms. The van der Waals surface area contributed by atoms with Gasteiger partial charge in [0.15, 0.2) is 23.1 Å². The summed E-state index contributed by atoms with van der Waals surface area (Å²) in [5.41, 5.74) is 7.88. The molecule has 4 N–H and O–H groups in total. The summed E-state index contributed by atoms with van der Waals surface area (Å²) in [6.07, 6.45) is 7.42. The van der Waals surface area contributed by atoms with Gasteiger partial charge in [-0.2, -0.15) is 0 Å². The number of anilines is 5. The molecule has 0 spiro atoms. The molecule has 0 bridgehead atoms. The molecular formula is C32H26Br2F2N8O6. The Kier molecular flexibility index (Phi) is 10.9. The normalized spacial score (nSPS) is 10.6. The third kappa shape index (κ3) is 7.20. The first-order chi connectivity index (χ1) is 24.0. The number of aromatic nitrogens is 4. The monoisotopic (exact) mass is 814 g/mol. The van der Waals surface area contributed by atoms with Crippen molar-refractivity contribution in [3.8, 4) is 23.0 Å². The summed E-state index contributed by atoms with van der Waals surface area (Å²) < 4.78 is 50.4. The fourth-order valence-electron chi connectivity index (χ4n) is 4.75. The van der Waals surface area contributed by atoms with E-state index in [4.69, 9.17) is 24.7 Å². The van der Waals surface area contributed by atoms with Crippen LogP contribution >= 0.6 is 31.9 Å². The first kappa shape index (κ1) is 35.7. The molecule has 0 radical (unpaired) electrons. The quantitative estimate of drug-likeness (QED) is 0.0942. The molecule has 6 aromatic rings. The molecule has 0 amide bonds. The fraction of sp³-hybridized carbons (Fsp3) is 0.125. The van der Waals surface area contributed by atoms with E-state index in [0.717, 1.165) is 23.1 Å². The van der Waals surface area contributed by atoms with Crippen LogP contribution in [-0.4, -0.2) is 53.3 Å². The van der Waals surface area contributed by atoms with Crippen LogP contribution < -0.4 is 35.3 Å². The zero-order chi connectivity index (χ0) is 36.1. The number of benzene rings is 2. The molecule has 0 fully saturated rings. The Balaban J connectivity index is 0.000000195. The van der Waals surface area contributed by atoms with Crippen LogP contribution in [0.4, 0.5) is 42.9 Å². The molecule has 0 aliphatic heterocycles. The Morgan fingerprint density at radius 2 is 1.10 bits per heavy atom. The lowest BCUT2D eigenvalue weighted by atomic mass is 10.1. The van der Waals surface area contributed by atoms with Gasteiger partial charge >= 0.3 is 5.69 Å². The van der Waals surface area contributed by atoms with E-state index in [2.05, 4.69) is 62.4 Å². The van der Waals surface area contributed by atoms with Gasteiger partial charge in [-0.05, 0) is 44.0 Å². The van der Waals surface area contributed by atoms with Gasteiger partial charge in [0.25, 0.3) is 0 Å². The predicted octanol–water partition coefficient (Wildman–Crippen LogP) is 8.07. The minimum atomic E-state index is -0.712. The number of fused-ring (bicyclic) bond motifs is 2. The van der Waals surface area contributed by atoms with E-state index >= 15 is 0 Å². The molecule has 0 aliphatic rings. The second-order valence-electron chi connectivity index (χ2n) is 10.0. The molecule has 4 aromatic heterocycles. The van der Waals surface area contributed by atoms with Crippen LogP contribution in [0.5, 0.6) is 23.0 Å². The van der Waals surface area contributed by atoms with E-state index in [1.165, 1.54) is 39.9 Å². The first-order valence-electron chi connectivity index (χ1n) is 14.1. The summed E-state index contributed by atoms with van der Waals surface area (Å²) in [5, 5.41) is 18.3. The zero-order valence-corrected chi connectivity index (χ0v) is 29.7. The average Bonchev–Trinajstić information content (AvgIpc) is 3.10. The van der Waals surface area contributed by atoms with Crippen molar-refractivity contribution in [2.45, 2.75) is 0 Å². The molecule has 0 atom stereocenters. The summed E-state index contributed by atoms with van der Waals surface area (Å²) in [4.78, 5) is 26.7. The number of nitrogen functional groups attached to an aromatic ring is 1. The van der Waals surface area contributed by atoms with Crippen molar-refractivity contribution in [1.29, 1.82) is 0 Å². The Labute approximate surface area is 299 Å². The maximum atomic E-state index is 14.2. The minimum Gasteiger partial charge on any atom is -0.495 e. The predicted molar refractivity (Wildman–Crippen MR) is 191 cm³/mol. The van der Waals surface area contributed by atoms with Crippen LogP contribution in [0.1, 0.15) is 0 Å². The molecule has 258 valence electrons. The van der Waals surface area contributed by atoms with Gasteiger partial charge in [0.2, 0.25) is 0 Å². The second-order valence-corrected chi connectivity index (χ2v) is 11.7. The Morgan fingerprint density at radius 3 is 1.56 bits per heavy atom. The number of hydrogen-bond acceptors (Lipinski definition) is 13. The largest absolute Gasteiger partial charge is 0.495 e. The highest BCUT2D eigenvalue weighted by molar-refractivity contribution is 9.11. The lowest BCUT2D eigenvalue weighted by Crippen LogP contribution is -2.03. The number of nitrogens with two attached hydrogens (primary N) is 1. The lowest BCUT2D eigenvalue weighted by molar-refractivity contribution is -0.384. The van der Waals surface area contributed by atoms with E-state index in [1.807, 2.05) is 6.07 Å². The number of methoxy groups -OCH3 is 4. The standard InChI is InChI=1S/C16H12BrFN4O4.C16H14BrFN4O2/c1-25-13-4-11-8(3-9(13)17)15(12(6-20-11)22(23)24)21-16-10(18)5-19-7-14(16)26-2;1-23-13-4-12-8(3-9(13)17)15(11(19)6-21-12)22-16-10(18)5-20-7-14(16)24-2/h3-7H,1-2H3,(H,19,20,21);3-7H,19H2,1-2H3,(H,20,21,22). The van der Waals surface area contributed by atoms with E-state index in [1.54, 1.807) is 25.3 Å². The summed E-state index contributed by atoms with van der Waals surface area (Å²) >= 11 is 6.78. The SMILES string of the molecule is COc1cc2ncc(N)c(Nc3c(F)cncc3OC)c2cc1Br.COc1cc2ncc([N+](=O)[O-])c(Nc3c(F)cncc3OC)c2cc1Br. The Hall–Kier alpha value is -5.62. The van der Waals surface area contributed by atoms with E-state index < -0.39 is 16.6 Å². The third-order valence-corrected chi connectivity index (χ3v) is 8.40. The molecule has 4 heterocycles. The molecule has 0 unspecified atom stereocenters. The number of nitrogens with one attached hydrogen (secondary N) is 2. The number of halogens is 4. The Morgan fingerprint density at radius 1 is 0.660 bits per heavy atom. The van der Waals surface area contributed by atoms with Gasteiger partial charge in [-0.1, -0.05) is 0 Å². The van der Waals surface area contributed by atoms with Crippen LogP contribution in [-0.2, 0) is 0 Å². The fourth-order valence-corrected chi connectivity index (χ4v) is 5.76. The molecule has 2 aromatic carbocycles. The van der Waals surface area contributed by atoms with Crippen LogP contribution in [0.25, 0.3) is 21.8 Å². The van der Waals surface area contributed by atoms with Gasteiger partial charge in [-0.15, -0.1) is 0 Å². The number of rotatable bonds is 9. The molecule has 6 rings (SSSR count). The topological polar surface area (TPSA) is 182 Å². The van der Waals surface area contributed by atoms with Gasteiger partial charge in [0, 0.05) is 22.9 Å². The van der Waals surface area contributed by atoms with E-state index in [0.29, 0.717) is 49.2 Å². The number of nitrogens with zero attached hydrogens (tertiary/aromatic N) is 5. The summed E-state index contributed by atoms with van der Waals surface area (Å²) in [6, 6.07) is 6.81. The van der Waals surface area contributed by atoms with Crippen molar-refractivity contribution in [2.24, 2.45) is 0 Å². The van der Waals surface area contributed by atoms with E-state index in [-0.39, 0.29) is 34.2 Å². The summed E-state index contributed by atoms with van der Waals surface area (Å²) in [5.74, 6) is 0.266. The van der Waals surface area contributed by atoms with Crippen molar-refractivity contribution in [1.82, 2.24) is 19.9 Å². The molecule has 18 heteroatoms. The van der Waals surface area contributed by atoms with Crippen LogP contribution in [0.2, 0.25) is 0 Å². The molecule has 0 saturated heterocycles. The number of hydrogen-bond donors (Lipinski definition) is 3. The molecule has 14 nitrogen and oxygen atoms in total. The Bertz CT molecular complexity index is 2250. The van der Waals surface area contributed by atoms with Gasteiger partial charge in [0.1, 0.15) is 34.8 Å². The summed E-state index contributed by atoms with van der Waals surface area (Å²) in [7, 11) is 5.85. The smallest absolute Gasteiger partial charge is 0.311 e. The average molecular weight is 816 g/mol. The van der Waals surface area contributed by atoms with Gasteiger partial charge in [-0.25, -0.2) is 13.8 Å². The van der Waals surface area contributed by atoms with Crippen molar-refractivity contribution in [2.75, 3.05) is 44.8 Å². The highest BCUT2D eigenvalue weighted by Gasteiger charge is 2.23. The minimum absolute atomic E-state index is 0.0648. The van der Waals surface area contributed by atoms with Gasteiger partial charge < -0.3 is 35.3 Å². The highest BCUT2D eigenvalue weighted by Crippen LogP contribution is 2.41. The maximum absolute atomic E-state index is 14.2. The highest BCUT2D eigenvalue weighted by atomic mass is 79.9. The van der Waals surface area contributed by atoms with Crippen molar-refractivity contribution >= 4 is 87.8 Å². The second kappa shape index (κ2) is 15.3. The van der Waals surface area contributed by atoms with Crippen LogP contribution in [0, 0.1) is 21.7 Å².